The fourth-order valence-electron chi connectivity index (χ4n) is 3.18. The Balaban J connectivity index is 1.41. The Bertz CT molecular complexity index is 859. The lowest BCUT2D eigenvalue weighted by atomic mass is 10.2. The molecule has 2 aromatic rings. The summed E-state index contributed by atoms with van der Waals surface area (Å²) in [6.45, 7) is 6.56. The van der Waals surface area contributed by atoms with Crippen molar-refractivity contribution in [3.63, 3.8) is 0 Å². The fraction of sp³-hybridized carbons (Fsp3) is 0.381. The minimum absolute atomic E-state index is 0.301. The van der Waals surface area contributed by atoms with Crippen molar-refractivity contribution < 1.29 is 14.3 Å². The first-order valence-corrected chi connectivity index (χ1v) is 9.69. The van der Waals surface area contributed by atoms with Gasteiger partial charge < -0.3 is 14.4 Å². The summed E-state index contributed by atoms with van der Waals surface area (Å²) in [5.41, 5.74) is 1.19. The van der Waals surface area contributed by atoms with Gasteiger partial charge in [0, 0.05) is 38.9 Å². The van der Waals surface area contributed by atoms with Gasteiger partial charge in [-0.3, -0.25) is 10.2 Å². The van der Waals surface area contributed by atoms with Crippen LogP contribution in [0.15, 0.2) is 42.6 Å². The number of benzene rings is 1. The zero-order valence-electron chi connectivity index (χ0n) is 16.5. The third kappa shape index (κ3) is 5.59. The summed E-state index contributed by atoms with van der Waals surface area (Å²) in [5.74, 6) is 1.35. The number of piperazine rings is 1. The fourth-order valence-corrected chi connectivity index (χ4v) is 3.18. The highest BCUT2D eigenvalue weighted by Crippen LogP contribution is 2.23. The van der Waals surface area contributed by atoms with Gasteiger partial charge in [-0.25, -0.2) is 9.78 Å². The van der Waals surface area contributed by atoms with E-state index in [9.17, 15) is 10.1 Å². The van der Waals surface area contributed by atoms with Crippen molar-refractivity contribution in [1.29, 1.82) is 5.26 Å². The quantitative estimate of drug-likeness (QED) is 0.771. The summed E-state index contributed by atoms with van der Waals surface area (Å²) in [6, 6.07) is 13.0. The minimum Gasteiger partial charge on any atom is -0.492 e. The van der Waals surface area contributed by atoms with Gasteiger partial charge in [-0.15, -0.1) is 0 Å². The molecule has 1 aliphatic heterocycles. The van der Waals surface area contributed by atoms with Crippen molar-refractivity contribution in [1.82, 2.24) is 9.88 Å². The number of aromatic nitrogens is 1. The van der Waals surface area contributed by atoms with Gasteiger partial charge in [-0.1, -0.05) is 12.1 Å². The van der Waals surface area contributed by atoms with Gasteiger partial charge in [0.25, 0.3) is 0 Å². The van der Waals surface area contributed by atoms with E-state index < -0.39 is 6.09 Å². The molecule has 3 rings (SSSR count). The smallest absolute Gasteiger partial charge is 0.411 e. The van der Waals surface area contributed by atoms with Crippen LogP contribution in [0.5, 0.6) is 5.75 Å². The largest absolute Gasteiger partial charge is 0.492 e. The highest BCUT2D eigenvalue weighted by Gasteiger charge is 2.20. The maximum atomic E-state index is 12.1. The van der Waals surface area contributed by atoms with Crippen LogP contribution in [0, 0.1) is 11.3 Å². The van der Waals surface area contributed by atoms with E-state index in [4.69, 9.17) is 9.47 Å². The molecule has 0 atom stereocenters. The van der Waals surface area contributed by atoms with Crippen molar-refractivity contribution in [3.8, 4) is 11.8 Å². The van der Waals surface area contributed by atoms with Crippen LogP contribution in [-0.4, -0.2) is 61.9 Å². The van der Waals surface area contributed by atoms with Gasteiger partial charge in [0.05, 0.1) is 17.9 Å². The second-order valence-electron chi connectivity index (χ2n) is 6.51. The molecule has 0 spiro atoms. The van der Waals surface area contributed by atoms with E-state index in [1.54, 1.807) is 30.5 Å². The van der Waals surface area contributed by atoms with E-state index in [0.717, 1.165) is 32.0 Å². The molecule has 0 unspecified atom stereocenters. The van der Waals surface area contributed by atoms with Gasteiger partial charge in [0.15, 0.2) is 0 Å². The molecule has 8 nitrogen and oxygen atoms in total. The summed E-state index contributed by atoms with van der Waals surface area (Å²) in [4.78, 5) is 20.8. The number of hydrogen-bond donors (Lipinski definition) is 1. The maximum absolute atomic E-state index is 12.1. The number of nitriles is 1. The number of nitrogens with one attached hydrogen (secondary N) is 1. The van der Waals surface area contributed by atoms with Crippen LogP contribution in [0.2, 0.25) is 0 Å². The number of anilines is 2. The van der Waals surface area contributed by atoms with E-state index in [1.165, 1.54) is 0 Å². The first-order valence-electron chi connectivity index (χ1n) is 9.69. The maximum Gasteiger partial charge on any atom is 0.411 e. The lowest BCUT2D eigenvalue weighted by molar-refractivity contribution is 0.137. The van der Waals surface area contributed by atoms with Crippen molar-refractivity contribution in [2.24, 2.45) is 0 Å². The number of amides is 1. The van der Waals surface area contributed by atoms with Crippen LogP contribution in [0.25, 0.3) is 0 Å². The minimum atomic E-state index is -0.497. The van der Waals surface area contributed by atoms with Gasteiger partial charge in [-0.05, 0) is 31.2 Å². The Morgan fingerprint density at radius 3 is 2.76 bits per heavy atom. The molecular formula is C21H25N5O3. The molecule has 0 bridgehead atoms. The Labute approximate surface area is 170 Å². The molecule has 0 saturated carbocycles. The van der Waals surface area contributed by atoms with E-state index in [2.05, 4.69) is 26.2 Å². The first kappa shape index (κ1) is 20.4. The van der Waals surface area contributed by atoms with Crippen LogP contribution >= 0.6 is 0 Å². The van der Waals surface area contributed by atoms with E-state index in [-0.39, 0.29) is 0 Å². The summed E-state index contributed by atoms with van der Waals surface area (Å²) < 4.78 is 10.8. The summed E-state index contributed by atoms with van der Waals surface area (Å²) >= 11 is 0. The summed E-state index contributed by atoms with van der Waals surface area (Å²) in [6.07, 6.45) is 1.21. The Morgan fingerprint density at radius 2 is 2.00 bits per heavy atom. The number of carbonyl (C=O) groups is 1. The molecule has 1 aromatic heterocycles. The van der Waals surface area contributed by atoms with Crippen LogP contribution < -0.4 is 15.0 Å². The molecule has 1 aliphatic rings. The molecule has 1 N–H and O–H groups in total. The Morgan fingerprint density at radius 1 is 1.21 bits per heavy atom. The SMILES string of the molecule is CCOc1ccccc1NC(=O)OCCN1CCN(c2ncccc2C#N)CC1. The van der Waals surface area contributed by atoms with Crippen LogP contribution in [-0.2, 0) is 4.74 Å². The van der Waals surface area contributed by atoms with Crippen molar-refractivity contribution in [2.75, 3.05) is 56.2 Å². The number of hydrogen-bond acceptors (Lipinski definition) is 7. The monoisotopic (exact) mass is 395 g/mol. The summed E-state index contributed by atoms with van der Waals surface area (Å²) in [7, 11) is 0. The predicted molar refractivity (Wildman–Crippen MR) is 110 cm³/mol. The van der Waals surface area contributed by atoms with Crippen molar-refractivity contribution in [2.45, 2.75) is 6.92 Å². The number of nitrogens with zero attached hydrogens (tertiary/aromatic N) is 4. The van der Waals surface area contributed by atoms with Crippen LogP contribution in [0.1, 0.15) is 12.5 Å². The molecule has 0 radical (unpaired) electrons. The van der Waals surface area contributed by atoms with E-state index >= 15 is 0 Å². The topological polar surface area (TPSA) is 90.7 Å². The third-order valence-corrected chi connectivity index (χ3v) is 4.64. The normalized spacial score (nSPS) is 14.1. The Kier molecular flexibility index (Phi) is 7.25. The molecule has 152 valence electrons. The lowest BCUT2D eigenvalue weighted by Gasteiger charge is -2.35. The molecule has 1 aromatic carbocycles. The van der Waals surface area contributed by atoms with Gasteiger partial charge in [0.2, 0.25) is 0 Å². The standard InChI is InChI=1S/C21H25N5O3/c1-2-28-19-8-4-3-7-18(19)24-21(27)29-15-14-25-10-12-26(13-11-25)20-17(16-22)6-5-9-23-20/h3-9H,2,10-15H2,1H3,(H,24,27). The second kappa shape index (κ2) is 10.3. The molecular weight excluding hydrogens is 370 g/mol. The lowest BCUT2D eigenvalue weighted by Crippen LogP contribution is -2.48. The zero-order chi connectivity index (χ0) is 20.5. The van der Waals surface area contributed by atoms with E-state index in [0.29, 0.717) is 36.8 Å². The molecule has 1 fully saturated rings. The molecule has 8 heteroatoms. The number of pyridine rings is 1. The highest BCUT2D eigenvalue weighted by atomic mass is 16.5. The highest BCUT2D eigenvalue weighted by molar-refractivity contribution is 5.86. The molecule has 29 heavy (non-hydrogen) atoms. The third-order valence-electron chi connectivity index (χ3n) is 4.64. The van der Waals surface area contributed by atoms with Crippen molar-refractivity contribution in [3.05, 3.63) is 48.2 Å². The Hall–Kier alpha value is -3.31. The van der Waals surface area contributed by atoms with Crippen molar-refractivity contribution >= 4 is 17.6 Å². The van der Waals surface area contributed by atoms with Gasteiger partial charge in [-0.2, -0.15) is 5.26 Å². The average molecular weight is 395 g/mol. The van der Waals surface area contributed by atoms with Gasteiger partial charge in [0.1, 0.15) is 24.2 Å². The average Bonchev–Trinajstić information content (AvgIpc) is 2.76. The first-order chi connectivity index (χ1) is 14.2. The molecule has 0 aliphatic carbocycles. The van der Waals surface area contributed by atoms with Gasteiger partial charge >= 0.3 is 6.09 Å². The summed E-state index contributed by atoms with van der Waals surface area (Å²) in [5, 5.41) is 12.0. The van der Waals surface area contributed by atoms with Crippen LogP contribution in [0.3, 0.4) is 0 Å². The molecule has 1 amide bonds. The van der Waals surface area contributed by atoms with Crippen LogP contribution in [0.4, 0.5) is 16.3 Å². The molecule has 2 heterocycles. The number of carbonyl (C=O) groups excluding carboxylic acids is 1. The number of rotatable bonds is 7. The number of ether oxygens (including phenoxy) is 2. The zero-order valence-corrected chi connectivity index (χ0v) is 16.5. The van der Waals surface area contributed by atoms with E-state index in [1.807, 2.05) is 19.1 Å². The second-order valence-corrected chi connectivity index (χ2v) is 6.51. The predicted octanol–water partition coefficient (Wildman–Crippen LogP) is 2.72. The number of para-hydroxylation sites is 2. The molecule has 1 saturated heterocycles.